The maximum atomic E-state index is 12.3. The van der Waals surface area contributed by atoms with Crippen molar-refractivity contribution in [3.63, 3.8) is 0 Å². The van der Waals surface area contributed by atoms with Crippen molar-refractivity contribution in [3.05, 3.63) is 41.3 Å². The normalized spacial score (nSPS) is 14.6. The van der Waals surface area contributed by atoms with Crippen LogP contribution in [0.4, 0.5) is 11.7 Å². The summed E-state index contributed by atoms with van der Waals surface area (Å²) in [5.74, 6) is -0.387. The first-order chi connectivity index (χ1) is 14.7. The van der Waals surface area contributed by atoms with Crippen LogP contribution in [0.25, 0.3) is 11.3 Å². The number of nitrogens with zero attached hydrogens (tertiary/aromatic N) is 4. The second-order valence-electron chi connectivity index (χ2n) is 8.41. The number of carbonyl (C=O) groups is 2. The average Bonchev–Trinajstić information content (AvgIpc) is 3.12. The van der Waals surface area contributed by atoms with E-state index in [-0.39, 0.29) is 35.2 Å². The van der Waals surface area contributed by atoms with Gasteiger partial charge in [-0.1, -0.05) is 12.1 Å². The SMILES string of the molecule is CC(C)n1nc(-c2ccc(CC(=O)Nc3cc(C4(C)CC4)no3)nc2)c(C(N)=O)c1N. The lowest BCUT2D eigenvalue weighted by molar-refractivity contribution is -0.115. The third-order valence-corrected chi connectivity index (χ3v) is 5.51. The molecule has 4 rings (SSSR count). The smallest absolute Gasteiger partial charge is 0.254 e. The minimum Gasteiger partial charge on any atom is -0.383 e. The van der Waals surface area contributed by atoms with Gasteiger partial charge >= 0.3 is 0 Å². The molecule has 3 aromatic rings. The van der Waals surface area contributed by atoms with E-state index >= 15 is 0 Å². The predicted molar refractivity (Wildman–Crippen MR) is 114 cm³/mol. The van der Waals surface area contributed by atoms with Gasteiger partial charge in [0.2, 0.25) is 11.8 Å². The highest BCUT2D eigenvalue weighted by atomic mass is 16.5. The minimum absolute atomic E-state index is 0.0399. The van der Waals surface area contributed by atoms with E-state index in [0.717, 1.165) is 18.5 Å². The van der Waals surface area contributed by atoms with Crippen LogP contribution in [0.3, 0.4) is 0 Å². The first kappa shape index (κ1) is 20.6. The van der Waals surface area contributed by atoms with E-state index in [9.17, 15) is 9.59 Å². The second-order valence-corrected chi connectivity index (χ2v) is 8.41. The van der Waals surface area contributed by atoms with Gasteiger partial charge in [-0.25, -0.2) is 4.68 Å². The molecule has 0 bridgehead atoms. The zero-order valence-corrected chi connectivity index (χ0v) is 17.7. The van der Waals surface area contributed by atoms with Crippen LogP contribution in [0.15, 0.2) is 28.9 Å². The number of aromatic nitrogens is 4. The summed E-state index contributed by atoms with van der Waals surface area (Å²) in [6.45, 7) is 5.92. The van der Waals surface area contributed by atoms with Crippen LogP contribution < -0.4 is 16.8 Å². The van der Waals surface area contributed by atoms with Gasteiger partial charge < -0.3 is 16.0 Å². The Morgan fingerprint density at radius 3 is 2.65 bits per heavy atom. The van der Waals surface area contributed by atoms with Crippen molar-refractivity contribution >= 4 is 23.5 Å². The van der Waals surface area contributed by atoms with E-state index in [1.54, 1.807) is 29.1 Å². The molecule has 10 heteroatoms. The van der Waals surface area contributed by atoms with Crippen molar-refractivity contribution in [2.24, 2.45) is 5.73 Å². The molecular weight excluding hydrogens is 398 g/mol. The third kappa shape index (κ3) is 4.00. The molecule has 0 aromatic carbocycles. The molecule has 10 nitrogen and oxygen atoms in total. The monoisotopic (exact) mass is 423 g/mol. The number of pyridine rings is 1. The molecule has 162 valence electrons. The van der Waals surface area contributed by atoms with Crippen LogP contribution in [0.5, 0.6) is 0 Å². The van der Waals surface area contributed by atoms with E-state index in [1.165, 1.54) is 0 Å². The molecular formula is C21H25N7O3. The molecule has 0 saturated heterocycles. The molecule has 0 unspecified atom stereocenters. The molecule has 0 aliphatic heterocycles. The Morgan fingerprint density at radius 2 is 2.06 bits per heavy atom. The van der Waals surface area contributed by atoms with Crippen molar-refractivity contribution in [3.8, 4) is 11.3 Å². The predicted octanol–water partition coefficient (Wildman–Crippen LogP) is 2.43. The summed E-state index contributed by atoms with van der Waals surface area (Å²) in [5, 5.41) is 11.2. The second kappa shape index (κ2) is 7.53. The fourth-order valence-electron chi connectivity index (χ4n) is 3.36. The summed E-state index contributed by atoms with van der Waals surface area (Å²) in [7, 11) is 0. The Balaban J connectivity index is 1.47. The summed E-state index contributed by atoms with van der Waals surface area (Å²) in [6, 6.07) is 5.15. The maximum Gasteiger partial charge on any atom is 0.254 e. The van der Waals surface area contributed by atoms with Gasteiger partial charge in [0.1, 0.15) is 17.1 Å². The van der Waals surface area contributed by atoms with Gasteiger partial charge in [0.05, 0.1) is 12.1 Å². The summed E-state index contributed by atoms with van der Waals surface area (Å²) >= 11 is 0. The van der Waals surface area contributed by atoms with Crippen LogP contribution in [-0.4, -0.2) is 31.7 Å². The van der Waals surface area contributed by atoms with Crippen LogP contribution >= 0.6 is 0 Å². The molecule has 5 N–H and O–H groups in total. The standard InChI is InChI=1S/C21H25N7O3/c1-11(2)28-19(22)17(20(23)30)18(26-28)12-4-5-13(24-10-12)8-15(29)25-16-9-14(27-31-16)21(3)6-7-21/h4-5,9-11H,6-8,22H2,1-3H3,(H2,23,30)(H,25,29). The number of nitrogen functional groups attached to an aromatic ring is 1. The minimum atomic E-state index is -0.658. The molecule has 0 radical (unpaired) electrons. The summed E-state index contributed by atoms with van der Waals surface area (Å²) < 4.78 is 6.76. The van der Waals surface area contributed by atoms with Crippen LogP contribution in [0.1, 0.15) is 61.4 Å². The third-order valence-electron chi connectivity index (χ3n) is 5.51. The molecule has 1 aliphatic rings. The number of nitrogens with two attached hydrogens (primary N) is 2. The highest BCUT2D eigenvalue weighted by molar-refractivity contribution is 6.03. The number of hydrogen-bond donors (Lipinski definition) is 3. The van der Waals surface area contributed by atoms with Crippen molar-refractivity contribution in [1.29, 1.82) is 0 Å². The summed E-state index contributed by atoms with van der Waals surface area (Å²) in [6.07, 6.45) is 3.74. The number of carbonyl (C=O) groups excluding carboxylic acids is 2. The van der Waals surface area contributed by atoms with Crippen LogP contribution in [-0.2, 0) is 16.6 Å². The summed E-state index contributed by atoms with van der Waals surface area (Å²) in [5.41, 5.74) is 14.1. The van der Waals surface area contributed by atoms with Crippen molar-refractivity contribution in [2.45, 2.75) is 51.5 Å². The van der Waals surface area contributed by atoms with Crippen molar-refractivity contribution in [1.82, 2.24) is 19.9 Å². The van der Waals surface area contributed by atoms with Gasteiger partial charge in [0.25, 0.3) is 5.91 Å². The van der Waals surface area contributed by atoms with Gasteiger partial charge in [0.15, 0.2) is 0 Å². The summed E-state index contributed by atoms with van der Waals surface area (Å²) in [4.78, 5) is 28.6. The van der Waals surface area contributed by atoms with Crippen molar-refractivity contribution in [2.75, 3.05) is 11.1 Å². The topological polar surface area (TPSA) is 155 Å². The van der Waals surface area contributed by atoms with Gasteiger partial charge in [-0.2, -0.15) is 5.10 Å². The number of anilines is 2. The number of nitrogens with one attached hydrogen (secondary N) is 1. The molecule has 2 amide bonds. The van der Waals surface area contributed by atoms with Gasteiger partial charge in [-0.05, 0) is 38.8 Å². The van der Waals surface area contributed by atoms with E-state index in [0.29, 0.717) is 22.8 Å². The first-order valence-electron chi connectivity index (χ1n) is 10.1. The van der Waals surface area contributed by atoms with E-state index in [4.69, 9.17) is 16.0 Å². The molecule has 1 saturated carbocycles. The average molecular weight is 423 g/mol. The lowest BCUT2D eigenvalue weighted by atomic mass is 10.1. The Morgan fingerprint density at radius 1 is 1.32 bits per heavy atom. The Bertz CT molecular complexity index is 1140. The number of rotatable bonds is 7. The van der Waals surface area contributed by atoms with Crippen LogP contribution in [0, 0.1) is 0 Å². The lowest BCUT2D eigenvalue weighted by Gasteiger charge is -2.06. The molecule has 31 heavy (non-hydrogen) atoms. The molecule has 3 aromatic heterocycles. The largest absolute Gasteiger partial charge is 0.383 e. The number of amides is 2. The molecule has 1 aliphatic carbocycles. The van der Waals surface area contributed by atoms with E-state index in [2.05, 4.69) is 27.5 Å². The maximum absolute atomic E-state index is 12.3. The highest BCUT2D eigenvalue weighted by Gasteiger charge is 2.42. The highest BCUT2D eigenvalue weighted by Crippen LogP contribution is 2.47. The Hall–Kier alpha value is -3.69. The van der Waals surface area contributed by atoms with Gasteiger partial charge in [0, 0.05) is 35.0 Å². The molecule has 3 heterocycles. The molecule has 0 spiro atoms. The zero-order chi connectivity index (χ0) is 22.3. The molecule has 1 fully saturated rings. The van der Waals surface area contributed by atoms with Gasteiger partial charge in [-0.3, -0.25) is 19.9 Å². The fraction of sp³-hybridized carbons (Fsp3) is 0.381. The molecule has 0 atom stereocenters. The quantitative estimate of drug-likeness (QED) is 0.527. The van der Waals surface area contributed by atoms with Crippen molar-refractivity contribution < 1.29 is 14.1 Å². The lowest BCUT2D eigenvalue weighted by Crippen LogP contribution is -2.15. The zero-order valence-electron chi connectivity index (χ0n) is 17.7. The van der Waals surface area contributed by atoms with Gasteiger partial charge in [-0.15, -0.1) is 0 Å². The fourth-order valence-corrected chi connectivity index (χ4v) is 3.36. The van der Waals surface area contributed by atoms with E-state index < -0.39 is 5.91 Å². The van der Waals surface area contributed by atoms with Crippen LogP contribution in [0.2, 0.25) is 0 Å². The van der Waals surface area contributed by atoms with E-state index in [1.807, 2.05) is 13.8 Å². The Labute approximate surface area is 179 Å². The number of primary amides is 1. The first-order valence-corrected chi connectivity index (χ1v) is 10.1. The number of hydrogen-bond acceptors (Lipinski definition) is 7. The Kier molecular flexibility index (Phi) is 5.00.